The Morgan fingerprint density at radius 1 is 1.53 bits per heavy atom. The van der Waals surface area contributed by atoms with Gasteiger partial charge in [-0.1, -0.05) is 0 Å². The Hall–Kier alpha value is -0.830. The molecule has 0 bridgehead atoms. The third-order valence-corrected chi connectivity index (χ3v) is 3.38. The van der Waals surface area contributed by atoms with Crippen LogP contribution in [-0.4, -0.2) is 19.9 Å². The van der Waals surface area contributed by atoms with E-state index in [0.29, 0.717) is 5.56 Å². The van der Waals surface area contributed by atoms with E-state index in [2.05, 4.69) is 27.9 Å². The second-order valence-electron chi connectivity index (χ2n) is 4.15. The number of hydrogen-bond acceptors (Lipinski definition) is 2. The Bertz CT molecular complexity index is 374. The van der Waals surface area contributed by atoms with Gasteiger partial charge in [-0.05, 0) is 52.9 Å². The molecular formula is C12H14BrNO. The van der Waals surface area contributed by atoms with E-state index in [-0.39, 0.29) is 0 Å². The fourth-order valence-corrected chi connectivity index (χ4v) is 2.39. The molecule has 1 fully saturated rings. The molecule has 0 spiro atoms. The second-order valence-corrected chi connectivity index (χ2v) is 5.01. The fourth-order valence-electron chi connectivity index (χ4n) is 1.69. The number of carbonyl (C=O) groups excluding carboxylic acids is 1. The Kier molecular flexibility index (Phi) is 3.10. The van der Waals surface area contributed by atoms with Gasteiger partial charge in [0.1, 0.15) is 6.29 Å². The summed E-state index contributed by atoms with van der Waals surface area (Å²) in [6, 6.07) is 5.72. The quantitative estimate of drug-likeness (QED) is 0.782. The number of halogens is 1. The molecule has 1 aromatic carbocycles. The van der Waals surface area contributed by atoms with Gasteiger partial charge >= 0.3 is 0 Å². The maximum Gasteiger partial charge on any atom is 0.150 e. The molecule has 1 saturated carbocycles. The summed E-state index contributed by atoms with van der Waals surface area (Å²) in [7, 11) is 2.10. The van der Waals surface area contributed by atoms with Crippen molar-refractivity contribution in [1.29, 1.82) is 0 Å². The first-order chi connectivity index (χ1) is 7.20. The number of benzene rings is 1. The highest BCUT2D eigenvalue weighted by Crippen LogP contribution is 2.33. The van der Waals surface area contributed by atoms with E-state index >= 15 is 0 Å². The molecule has 0 N–H and O–H groups in total. The van der Waals surface area contributed by atoms with E-state index < -0.39 is 0 Å². The zero-order chi connectivity index (χ0) is 10.8. The number of anilines is 1. The van der Waals surface area contributed by atoms with Crippen molar-refractivity contribution in [3.05, 3.63) is 28.2 Å². The molecule has 1 aromatic rings. The van der Waals surface area contributed by atoms with Crippen molar-refractivity contribution >= 4 is 27.9 Å². The maximum atomic E-state index is 10.6. The minimum Gasteiger partial charge on any atom is -0.373 e. The number of hydrogen-bond donors (Lipinski definition) is 0. The minimum absolute atomic E-state index is 0.713. The van der Waals surface area contributed by atoms with Crippen molar-refractivity contribution in [2.45, 2.75) is 12.8 Å². The molecule has 0 unspecified atom stereocenters. The van der Waals surface area contributed by atoms with E-state index in [1.807, 2.05) is 18.2 Å². The second kappa shape index (κ2) is 4.35. The lowest BCUT2D eigenvalue weighted by Gasteiger charge is -2.20. The van der Waals surface area contributed by atoms with Crippen molar-refractivity contribution in [3.63, 3.8) is 0 Å². The third kappa shape index (κ3) is 2.59. The molecule has 1 aliphatic carbocycles. The van der Waals surface area contributed by atoms with Crippen molar-refractivity contribution in [1.82, 2.24) is 0 Å². The van der Waals surface area contributed by atoms with E-state index in [9.17, 15) is 4.79 Å². The van der Waals surface area contributed by atoms with Gasteiger partial charge in [0.05, 0.1) is 5.69 Å². The van der Waals surface area contributed by atoms with Crippen LogP contribution < -0.4 is 4.90 Å². The molecule has 0 aromatic heterocycles. The summed E-state index contributed by atoms with van der Waals surface area (Å²) in [5.41, 5.74) is 1.87. The number of carbonyl (C=O) groups is 1. The van der Waals surface area contributed by atoms with Gasteiger partial charge in [0.15, 0.2) is 0 Å². The van der Waals surface area contributed by atoms with Gasteiger partial charge in [-0.3, -0.25) is 4.79 Å². The Morgan fingerprint density at radius 2 is 2.27 bits per heavy atom. The molecular weight excluding hydrogens is 254 g/mol. The summed E-state index contributed by atoms with van der Waals surface area (Å²) in [6.45, 7) is 1.11. The average Bonchev–Trinajstić information content (AvgIpc) is 3.01. The molecule has 2 nitrogen and oxygen atoms in total. The molecule has 0 amide bonds. The van der Waals surface area contributed by atoms with Crippen LogP contribution in [0.2, 0.25) is 0 Å². The third-order valence-electron chi connectivity index (χ3n) is 2.75. The van der Waals surface area contributed by atoms with Crippen LogP contribution in [0.5, 0.6) is 0 Å². The normalized spacial score (nSPS) is 15.1. The molecule has 15 heavy (non-hydrogen) atoms. The molecule has 0 radical (unpaired) electrons. The Labute approximate surface area is 98.4 Å². The predicted molar refractivity (Wildman–Crippen MR) is 65.5 cm³/mol. The Morgan fingerprint density at radius 3 is 2.80 bits per heavy atom. The van der Waals surface area contributed by atoms with E-state index in [1.165, 1.54) is 12.8 Å². The van der Waals surface area contributed by atoms with Gasteiger partial charge in [0.25, 0.3) is 0 Å². The highest BCUT2D eigenvalue weighted by molar-refractivity contribution is 9.10. The molecule has 3 heteroatoms. The summed E-state index contributed by atoms with van der Waals surface area (Å²) >= 11 is 3.50. The zero-order valence-corrected chi connectivity index (χ0v) is 10.3. The van der Waals surface area contributed by atoms with Crippen LogP contribution in [0.15, 0.2) is 22.7 Å². The van der Waals surface area contributed by atoms with Crippen LogP contribution in [0.1, 0.15) is 23.2 Å². The summed E-state index contributed by atoms with van der Waals surface area (Å²) in [5, 5.41) is 0. The monoisotopic (exact) mass is 267 g/mol. The topological polar surface area (TPSA) is 20.3 Å². The van der Waals surface area contributed by atoms with Crippen molar-refractivity contribution in [3.8, 4) is 0 Å². The minimum atomic E-state index is 0.713. The molecule has 0 saturated heterocycles. The van der Waals surface area contributed by atoms with Crippen LogP contribution in [-0.2, 0) is 0 Å². The van der Waals surface area contributed by atoms with Crippen LogP contribution in [0.3, 0.4) is 0 Å². The van der Waals surface area contributed by atoms with E-state index in [0.717, 1.165) is 28.9 Å². The number of aldehydes is 1. The first-order valence-corrected chi connectivity index (χ1v) is 5.96. The molecule has 0 heterocycles. The zero-order valence-electron chi connectivity index (χ0n) is 8.74. The number of rotatable bonds is 4. The fraction of sp³-hybridized carbons (Fsp3) is 0.417. The summed E-state index contributed by atoms with van der Waals surface area (Å²) < 4.78 is 0.996. The smallest absolute Gasteiger partial charge is 0.150 e. The summed E-state index contributed by atoms with van der Waals surface area (Å²) in [4.78, 5) is 12.8. The van der Waals surface area contributed by atoms with Gasteiger partial charge < -0.3 is 4.90 Å². The van der Waals surface area contributed by atoms with Gasteiger partial charge in [0.2, 0.25) is 0 Å². The standard InChI is InChI=1S/C12H14BrNO/c1-14(7-9-2-3-9)12-5-4-10(8-15)6-11(12)13/h4-6,8-9H,2-3,7H2,1H3. The largest absolute Gasteiger partial charge is 0.373 e. The number of nitrogens with zero attached hydrogens (tertiary/aromatic N) is 1. The van der Waals surface area contributed by atoms with E-state index in [4.69, 9.17) is 0 Å². The molecule has 2 rings (SSSR count). The average molecular weight is 268 g/mol. The van der Waals surface area contributed by atoms with E-state index in [1.54, 1.807) is 0 Å². The van der Waals surface area contributed by atoms with Crippen LogP contribution >= 0.6 is 15.9 Å². The lowest BCUT2D eigenvalue weighted by Crippen LogP contribution is -2.20. The molecule has 0 atom stereocenters. The SMILES string of the molecule is CN(CC1CC1)c1ccc(C=O)cc1Br. The van der Waals surface area contributed by atoms with Crippen LogP contribution in [0.25, 0.3) is 0 Å². The maximum absolute atomic E-state index is 10.6. The van der Waals surface area contributed by atoms with Gasteiger partial charge in [-0.15, -0.1) is 0 Å². The molecule has 80 valence electrons. The Balaban J connectivity index is 2.15. The first kappa shape index (κ1) is 10.7. The lowest BCUT2D eigenvalue weighted by molar-refractivity contribution is 0.112. The predicted octanol–water partition coefficient (Wildman–Crippen LogP) is 3.11. The van der Waals surface area contributed by atoms with Crippen molar-refractivity contribution in [2.75, 3.05) is 18.5 Å². The highest BCUT2D eigenvalue weighted by atomic mass is 79.9. The lowest BCUT2D eigenvalue weighted by atomic mass is 10.2. The van der Waals surface area contributed by atoms with Gasteiger partial charge in [-0.2, -0.15) is 0 Å². The summed E-state index contributed by atoms with van der Waals surface area (Å²) in [5.74, 6) is 0.868. The first-order valence-electron chi connectivity index (χ1n) is 5.16. The van der Waals surface area contributed by atoms with Crippen LogP contribution in [0, 0.1) is 5.92 Å². The van der Waals surface area contributed by atoms with Gasteiger partial charge in [0, 0.05) is 23.6 Å². The summed E-state index contributed by atoms with van der Waals surface area (Å²) in [6.07, 6.45) is 3.58. The van der Waals surface area contributed by atoms with Crippen molar-refractivity contribution < 1.29 is 4.79 Å². The highest BCUT2D eigenvalue weighted by Gasteiger charge is 2.23. The van der Waals surface area contributed by atoms with Crippen LogP contribution in [0.4, 0.5) is 5.69 Å². The van der Waals surface area contributed by atoms with Gasteiger partial charge in [-0.25, -0.2) is 0 Å². The molecule has 1 aliphatic rings. The molecule has 0 aliphatic heterocycles. The van der Waals surface area contributed by atoms with Crippen molar-refractivity contribution in [2.24, 2.45) is 5.92 Å².